The highest BCUT2D eigenvalue weighted by atomic mass is 16.3. The maximum Gasteiger partial charge on any atom is 0.317 e. The molecule has 26 heavy (non-hydrogen) atoms. The molecule has 2 aliphatic rings. The van der Waals surface area contributed by atoms with E-state index in [1.165, 1.54) is 12.8 Å². The molecule has 0 aromatic carbocycles. The van der Waals surface area contributed by atoms with E-state index < -0.39 is 0 Å². The molecule has 0 unspecified atom stereocenters. The molecule has 0 bridgehead atoms. The number of rotatable bonds is 6. The molecule has 2 amide bonds. The van der Waals surface area contributed by atoms with Gasteiger partial charge in [-0.2, -0.15) is 0 Å². The van der Waals surface area contributed by atoms with E-state index in [0.29, 0.717) is 17.7 Å². The third-order valence-electron chi connectivity index (χ3n) is 5.74. The lowest BCUT2D eigenvalue weighted by Gasteiger charge is -2.31. The van der Waals surface area contributed by atoms with Crippen LogP contribution in [0.1, 0.15) is 50.2 Å². The third-order valence-corrected chi connectivity index (χ3v) is 5.74. The van der Waals surface area contributed by atoms with Gasteiger partial charge < -0.3 is 24.8 Å². The number of hydrogen-bond acceptors (Lipinski definition) is 5. The van der Waals surface area contributed by atoms with Gasteiger partial charge in [0, 0.05) is 39.1 Å². The van der Waals surface area contributed by atoms with Gasteiger partial charge in [-0.15, -0.1) is 10.2 Å². The number of aliphatic hydroxyl groups is 1. The molecule has 0 radical (unpaired) electrons. The van der Waals surface area contributed by atoms with Crippen LogP contribution in [0.25, 0.3) is 0 Å². The summed E-state index contributed by atoms with van der Waals surface area (Å²) in [5.74, 6) is 2.39. The van der Waals surface area contributed by atoms with Crippen molar-refractivity contribution in [1.29, 1.82) is 0 Å². The Morgan fingerprint density at radius 1 is 1.23 bits per heavy atom. The number of amides is 2. The molecule has 2 fully saturated rings. The van der Waals surface area contributed by atoms with E-state index in [1.54, 1.807) is 0 Å². The highest BCUT2D eigenvalue weighted by molar-refractivity contribution is 5.74. The molecule has 0 saturated carbocycles. The minimum atomic E-state index is -0.0956. The van der Waals surface area contributed by atoms with Crippen molar-refractivity contribution >= 4 is 6.03 Å². The van der Waals surface area contributed by atoms with Crippen molar-refractivity contribution in [2.75, 3.05) is 39.3 Å². The summed E-state index contributed by atoms with van der Waals surface area (Å²) >= 11 is 0. The quantitative estimate of drug-likeness (QED) is 0.784. The van der Waals surface area contributed by atoms with Gasteiger partial charge >= 0.3 is 6.03 Å². The highest BCUT2D eigenvalue weighted by Gasteiger charge is 2.28. The average Bonchev–Trinajstić information content (AvgIpc) is 3.26. The lowest BCUT2D eigenvalue weighted by molar-refractivity contribution is 0.178. The Labute approximate surface area is 155 Å². The summed E-state index contributed by atoms with van der Waals surface area (Å²) in [6, 6.07) is 0.0615. The first kappa shape index (κ1) is 19.1. The van der Waals surface area contributed by atoms with Gasteiger partial charge in [0.25, 0.3) is 0 Å². The molecule has 1 aromatic heterocycles. The van der Waals surface area contributed by atoms with Crippen LogP contribution in [0.3, 0.4) is 0 Å². The molecule has 1 aromatic rings. The summed E-state index contributed by atoms with van der Waals surface area (Å²) in [5.41, 5.74) is 0. The van der Waals surface area contributed by atoms with Gasteiger partial charge in [-0.1, -0.05) is 6.92 Å². The maximum atomic E-state index is 12.5. The number of nitrogens with one attached hydrogen (secondary N) is 1. The Bertz CT molecular complexity index is 597. The Hall–Kier alpha value is -1.67. The second-order valence-corrected chi connectivity index (χ2v) is 7.59. The molecule has 8 heteroatoms. The number of nitrogens with zero attached hydrogens (tertiary/aromatic N) is 5. The van der Waals surface area contributed by atoms with Crippen LogP contribution in [0, 0.1) is 5.92 Å². The normalized spacial score (nSPS) is 22.1. The average molecular weight is 364 g/mol. The number of aliphatic hydroxyl groups excluding tert-OH is 1. The van der Waals surface area contributed by atoms with Crippen molar-refractivity contribution in [1.82, 2.24) is 29.9 Å². The first-order valence-corrected chi connectivity index (χ1v) is 9.86. The van der Waals surface area contributed by atoms with Gasteiger partial charge in [-0.05, 0) is 44.7 Å². The number of carbonyl (C=O) groups excluding carboxylic acids is 1. The van der Waals surface area contributed by atoms with E-state index in [4.69, 9.17) is 0 Å². The maximum absolute atomic E-state index is 12.5. The zero-order valence-electron chi connectivity index (χ0n) is 16.0. The van der Waals surface area contributed by atoms with Crippen LogP contribution in [0.2, 0.25) is 0 Å². The van der Waals surface area contributed by atoms with E-state index >= 15 is 0 Å². The van der Waals surface area contributed by atoms with Crippen LogP contribution in [0.15, 0.2) is 0 Å². The Morgan fingerprint density at radius 2 is 2.00 bits per heavy atom. The summed E-state index contributed by atoms with van der Waals surface area (Å²) in [6.45, 7) is 7.81. The molecule has 0 aliphatic carbocycles. The highest BCUT2D eigenvalue weighted by Crippen LogP contribution is 2.27. The predicted molar refractivity (Wildman–Crippen MR) is 98.7 cm³/mol. The SMILES string of the molecule is CCCN1CC[C@H](CNC(=O)N2CCC(c3nnc(CO)n3C)CC2)C1. The lowest BCUT2D eigenvalue weighted by Crippen LogP contribution is -2.45. The van der Waals surface area contributed by atoms with E-state index in [-0.39, 0.29) is 12.6 Å². The van der Waals surface area contributed by atoms with Crippen LogP contribution >= 0.6 is 0 Å². The van der Waals surface area contributed by atoms with E-state index in [0.717, 1.165) is 57.9 Å². The van der Waals surface area contributed by atoms with Crippen LogP contribution in [0.4, 0.5) is 4.79 Å². The molecular formula is C18H32N6O2. The largest absolute Gasteiger partial charge is 0.388 e. The number of aromatic nitrogens is 3. The number of piperidine rings is 1. The lowest BCUT2D eigenvalue weighted by atomic mass is 9.96. The molecule has 2 N–H and O–H groups in total. The standard InChI is InChI=1S/C18H32N6O2/c1-3-7-23-8-4-14(12-23)11-19-18(26)24-9-5-15(6-10-24)17-21-20-16(13-25)22(17)2/h14-15,25H,3-13H2,1-2H3,(H,19,26)/t14-/m1/s1. The molecule has 3 rings (SSSR count). The van der Waals surface area contributed by atoms with Crippen molar-refractivity contribution in [3.63, 3.8) is 0 Å². The second kappa shape index (κ2) is 8.81. The minimum absolute atomic E-state index is 0.0615. The molecular weight excluding hydrogens is 332 g/mol. The van der Waals surface area contributed by atoms with Gasteiger partial charge in [0.2, 0.25) is 0 Å². The number of carbonyl (C=O) groups is 1. The van der Waals surface area contributed by atoms with E-state index in [9.17, 15) is 9.90 Å². The smallest absolute Gasteiger partial charge is 0.317 e. The molecule has 0 spiro atoms. The van der Waals surface area contributed by atoms with Crippen molar-refractivity contribution in [3.05, 3.63) is 11.6 Å². The Kier molecular flexibility index (Phi) is 6.48. The topological polar surface area (TPSA) is 86.5 Å². The summed E-state index contributed by atoms with van der Waals surface area (Å²) in [7, 11) is 1.89. The van der Waals surface area contributed by atoms with Gasteiger partial charge in [-0.3, -0.25) is 0 Å². The fourth-order valence-electron chi connectivity index (χ4n) is 4.15. The zero-order valence-corrected chi connectivity index (χ0v) is 16.0. The molecule has 2 aliphatic heterocycles. The Balaban J connectivity index is 1.41. The zero-order chi connectivity index (χ0) is 18.5. The minimum Gasteiger partial charge on any atom is -0.388 e. The second-order valence-electron chi connectivity index (χ2n) is 7.59. The number of hydrogen-bond donors (Lipinski definition) is 2. The molecule has 8 nitrogen and oxygen atoms in total. The first-order chi connectivity index (χ1) is 12.6. The fraction of sp³-hybridized carbons (Fsp3) is 0.833. The van der Waals surface area contributed by atoms with Crippen LogP contribution < -0.4 is 5.32 Å². The van der Waals surface area contributed by atoms with E-state index in [2.05, 4.69) is 27.3 Å². The summed E-state index contributed by atoms with van der Waals surface area (Å²) in [4.78, 5) is 16.9. The summed E-state index contributed by atoms with van der Waals surface area (Å²) < 4.78 is 1.88. The molecule has 1 atom stereocenters. The van der Waals surface area contributed by atoms with Crippen molar-refractivity contribution in [2.45, 2.75) is 45.1 Å². The molecule has 146 valence electrons. The summed E-state index contributed by atoms with van der Waals surface area (Å²) in [5, 5.41) is 20.6. The monoisotopic (exact) mass is 364 g/mol. The van der Waals surface area contributed by atoms with Gasteiger partial charge in [-0.25, -0.2) is 4.79 Å². The predicted octanol–water partition coefficient (Wildman–Crippen LogP) is 0.928. The first-order valence-electron chi connectivity index (χ1n) is 9.86. The summed E-state index contributed by atoms with van der Waals surface area (Å²) in [6.07, 6.45) is 4.15. The molecule has 3 heterocycles. The van der Waals surface area contributed by atoms with Crippen LogP contribution in [0.5, 0.6) is 0 Å². The fourth-order valence-corrected chi connectivity index (χ4v) is 4.15. The van der Waals surface area contributed by atoms with Gasteiger partial charge in [0.1, 0.15) is 12.4 Å². The number of urea groups is 1. The third kappa shape index (κ3) is 4.35. The Morgan fingerprint density at radius 3 is 2.65 bits per heavy atom. The van der Waals surface area contributed by atoms with Crippen LogP contribution in [-0.2, 0) is 13.7 Å². The molecule has 2 saturated heterocycles. The van der Waals surface area contributed by atoms with Crippen LogP contribution in [-0.4, -0.2) is 75.0 Å². The van der Waals surface area contributed by atoms with E-state index in [1.807, 2.05) is 16.5 Å². The van der Waals surface area contributed by atoms with Gasteiger partial charge in [0.05, 0.1) is 0 Å². The van der Waals surface area contributed by atoms with Crippen molar-refractivity contribution in [3.8, 4) is 0 Å². The van der Waals surface area contributed by atoms with Gasteiger partial charge in [0.15, 0.2) is 5.82 Å². The number of likely N-dealkylation sites (tertiary alicyclic amines) is 2. The van der Waals surface area contributed by atoms with Crippen molar-refractivity contribution in [2.24, 2.45) is 13.0 Å². The van der Waals surface area contributed by atoms with Crippen molar-refractivity contribution < 1.29 is 9.90 Å².